The van der Waals surface area contributed by atoms with E-state index < -0.39 is 5.97 Å². The number of nitriles is 1. The molecular weight excluding hydrogens is 228 g/mol. The van der Waals surface area contributed by atoms with Gasteiger partial charge in [-0.15, -0.1) is 0 Å². The Morgan fingerprint density at radius 3 is 2.50 bits per heavy atom. The molecule has 0 saturated heterocycles. The normalized spacial score (nSPS) is 10.6. The van der Waals surface area contributed by atoms with Gasteiger partial charge in [0.25, 0.3) is 0 Å². The summed E-state index contributed by atoms with van der Waals surface area (Å²) in [5, 5.41) is 17.7. The highest BCUT2D eigenvalue weighted by Crippen LogP contribution is 2.14. The number of hydrogen-bond donors (Lipinski definition) is 1. The number of nitrogens with zero attached hydrogens (tertiary/aromatic N) is 2. The summed E-state index contributed by atoms with van der Waals surface area (Å²) in [4.78, 5) is 12.8. The highest BCUT2D eigenvalue weighted by Gasteiger charge is 2.13. The van der Waals surface area contributed by atoms with Gasteiger partial charge in [0.05, 0.1) is 19.0 Å². The van der Waals surface area contributed by atoms with Crippen molar-refractivity contribution in [3.8, 4) is 6.07 Å². The van der Waals surface area contributed by atoms with E-state index in [1.807, 2.05) is 43.0 Å². The summed E-state index contributed by atoms with van der Waals surface area (Å²) in [6.45, 7) is 5.00. The van der Waals surface area contributed by atoms with Gasteiger partial charge in [-0.2, -0.15) is 5.26 Å². The maximum absolute atomic E-state index is 10.8. The van der Waals surface area contributed by atoms with Crippen LogP contribution in [0.15, 0.2) is 24.3 Å². The summed E-state index contributed by atoms with van der Waals surface area (Å²) in [6.07, 6.45) is 0.0225. The van der Waals surface area contributed by atoms with Crippen molar-refractivity contribution in [3.63, 3.8) is 0 Å². The highest BCUT2D eigenvalue weighted by molar-refractivity contribution is 5.70. The first-order chi connectivity index (χ1) is 8.54. The summed E-state index contributed by atoms with van der Waals surface area (Å²) in [5.74, 6) is -0.834. The lowest BCUT2D eigenvalue weighted by molar-refractivity contribution is -0.136. The molecule has 0 bridgehead atoms. The van der Waals surface area contributed by atoms with E-state index in [1.54, 1.807) is 0 Å². The van der Waals surface area contributed by atoms with Crippen LogP contribution in [0.4, 0.5) is 0 Å². The molecule has 0 aromatic heterocycles. The van der Waals surface area contributed by atoms with Gasteiger partial charge >= 0.3 is 5.97 Å². The second-order valence-corrected chi connectivity index (χ2v) is 4.50. The van der Waals surface area contributed by atoms with Crippen LogP contribution in [0.5, 0.6) is 0 Å². The standard InChI is InChI=1S/C14H18N2O2/c1-11(2)16(8-7-15)10-13-6-4-3-5-12(13)9-14(17)18/h3-6,11H,8-10H2,1-2H3,(H,17,18). The Morgan fingerprint density at radius 1 is 1.39 bits per heavy atom. The molecule has 0 atom stereocenters. The largest absolute Gasteiger partial charge is 0.481 e. The third-order valence-corrected chi connectivity index (χ3v) is 2.84. The first kappa shape index (κ1) is 14.2. The zero-order chi connectivity index (χ0) is 13.5. The molecule has 1 N–H and O–H groups in total. The number of aliphatic carboxylic acids is 1. The van der Waals surface area contributed by atoms with Crippen molar-refractivity contribution in [2.75, 3.05) is 6.54 Å². The van der Waals surface area contributed by atoms with Crippen LogP contribution in [0, 0.1) is 11.3 Å². The predicted octanol–water partition coefficient (Wildman–Crippen LogP) is 2.05. The number of hydrogen-bond acceptors (Lipinski definition) is 3. The van der Waals surface area contributed by atoms with Crippen LogP contribution < -0.4 is 0 Å². The zero-order valence-electron chi connectivity index (χ0n) is 10.8. The molecule has 0 radical (unpaired) electrons. The molecule has 96 valence electrons. The number of carbonyl (C=O) groups is 1. The van der Waals surface area contributed by atoms with E-state index in [1.165, 1.54) is 0 Å². The molecule has 0 heterocycles. The van der Waals surface area contributed by atoms with E-state index in [0.29, 0.717) is 13.1 Å². The summed E-state index contributed by atoms with van der Waals surface area (Å²) in [5.41, 5.74) is 1.79. The van der Waals surface area contributed by atoms with Crippen molar-refractivity contribution >= 4 is 5.97 Å². The number of carboxylic acids is 1. The maximum atomic E-state index is 10.8. The molecule has 18 heavy (non-hydrogen) atoms. The molecule has 1 aromatic rings. The van der Waals surface area contributed by atoms with Gasteiger partial charge in [0, 0.05) is 12.6 Å². The third-order valence-electron chi connectivity index (χ3n) is 2.84. The molecule has 0 saturated carbocycles. The van der Waals surface area contributed by atoms with Crippen LogP contribution >= 0.6 is 0 Å². The van der Waals surface area contributed by atoms with Gasteiger partial charge in [-0.3, -0.25) is 9.69 Å². The van der Waals surface area contributed by atoms with Gasteiger partial charge in [0.2, 0.25) is 0 Å². The van der Waals surface area contributed by atoms with Gasteiger partial charge in [-0.25, -0.2) is 0 Å². The minimum absolute atomic E-state index is 0.0225. The Bertz CT molecular complexity index is 449. The SMILES string of the molecule is CC(C)N(CC#N)Cc1ccccc1CC(=O)O. The Labute approximate surface area is 107 Å². The molecule has 0 fully saturated rings. The average molecular weight is 246 g/mol. The summed E-state index contributed by atoms with van der Waals surface area (Å²) < 4.78 is 0. The fourth-order valence-electron chi connectivity index (χ4n) is 1.78. The maximum Gasteiger partial charge on any atom is 0.307 e. The number of benzene rings is 1. The lowest BCUT2D eigenvalue weighted by Gasteiger charge is -2.24. The van der Waals surface area contributed by atoms with E-state index in [2.05, 4.69) is 6.07 Å². The predicted molar refractivity (Wildman–Crippen MR) is 68.9 cm³/mol. The second kappa shape index (κ2) is 6.77. The second-order valence-electron chi connectivity index (χ2n) is 4.50. The molecule has 0 aliphatic carbocycles. The topological polar surface area (TPSA) is 64.3 Å². The van der Waals surface area contributed by atoms with Crippen LogP contribution in [0.1, 0.15) is 25.0 Å². The minimum atomic E-state index is -0.834. The lowest BCUT2D eigenvalue weighted by Crippen LogP contribution is -2.31. The Hall–Kier alpha value is -1.86. The average Bonchev–Trinajstić information content (AvgIpc) is 2.30. The van der Waals surface area contributed by atoms with Crippen LogP contribution in [0.3, 0.4) is 0 Å². The van der Waals surface area contributed by atoms with Crippen LogP contribution in [-0.2, 0) is 17.8 Å². The van der Waals surface area contributed by atoms with E-state index in [-0.39, 0.29) is 12.5 Å². The molecule has 0 aliphatic rings. The minimum Gasteiger partial charge on any atom is -0.481 e. The fourth-order valence-corrected chi connectivity index (χ4v) is 1.78. The molecule has 0 unspecified atom stereocenters. The van der Waals surface area contributed by atoms with Gasteiger partial charge in [-0.05, 0) is 25.0 Å². The smallest absolute Gasteiger partial charge is 0.307 e. The van der Waals surface area contributed by atoms with Crippen molar-refractivity contribution in [2.45, 2.75) is 32.9 Å². The first-order valence-corrected chi connectivity index (χ1v) is 5.94. The van der Waals surface area contributed by atoms with Crippen molar-refractivity contribution in [3.05, 3.63) is 35.4 Å². The number of carboxylic acid groups (broad SMARTS) is 1. The fraction of sp³-hybridized carbons (Fsp3) is 0.429. The van der Waals surface area contributed by atoms with Gasteiger partial charge < -0.3 is 5.11 Å². The molecule has 4 heteroatoms. The van der Waals surface area contributed by atoms with Crippen molar-refractivity contribution < 1.29 is 9.90 Å². The van der Waals surface area contributed by atoms with Crippen LogP contribution in [0.25, 0.3) is 0 Å². The molecule has 1 aromatic carbocycles. The Balaban J connectivity index is 2.88. The molecule has 1 rings (SSSR count). The quantitative estimate of drug-likeness (QED) is 0.780. The summed E-state index contributed by atoms with van der Waals surface area (Å²) >= 11 is 0. The van der Waals surface area contributed by atoms with Gasteiger partial charge in [0.15, 0.2) is 0 Å². The van der Waals surface area contributed by atoms with Gasteiger partial charge in [-0.1, -0.05) is 24.3 Å². The monoisotopic (exact) mass is 246 g/mol. The summed E-state index contributed by atoms with van der Waals surface area (Å²) in [7, 11) is 0. The molecule has 0 aliphatic heterocycles. The molecule has 4 nitrogen and oxygen atoms in total. The van der Waals surface area contributed by atoms with Crippen molar-refractivity contribution in [2.24, 2.45) is 0 Å². The van der Waals surface area contributed by atoms with Crippen molar-refractivity contribution in [1.29, 1.82) is 5.26 Å². The molecule has 0 spiro atoms. The van der Waals surface area contributed by atoms with Gasteiger partial charge in [0.1, 0.15) is 0 Å². The third kappa shape index (κ3) is 4.19. The Morgan fingerprint density at radius 2 is 2.00 bits per heavy atom. The van der Waals surface area contributed by atoms with Crippen LogP contribution in [0.2, 0.25) is 0 Å². The zero-order valence-corrected chi connectivity index (χ0v) is 10.8. The molecular formula is C14H18N2O2. The number of rotatable bonds is 6. The Kier molecular flexibility index (Phi) is 5.34. The molecule has 0 amide bonds. The van der Waals surface area contributed by atoms with Crippen molar-refractivity contribution in [1.82, 2.24) is 4.90 Å². The highest BCUT2D eigenvalue weighted by atomic mass is 16.4. The van der Waals surface area contributed by atoms with E-state index >= 15 is 0 Å². The van der Waals surface area contributed by atoms with Crippen LogP contribution in [-0.4, -0.2) is 28.6 Å². The van der Waals surface area contributed by atoms with E-state index in [9.17, 15) is 4.79 Å². The first-order valence-electron chi connectivity index (χ1n) is 5.94. The lowest BCUT2D eigenvalue weighted by atomic mass is 10.0. The van der Waals surface area contributed by atoms with E-state index in [4.69, 9.17) is 10.4 Å². The summed E-state index contributed by atoms with van der Waals surface area (Å²) in [6, 6.07) is 9.87. The van der Waals surface area contributed by atoms with E-state index in [0.717, 1.165) is 11.1 Å².